The Labute approximate surface area is 115 Å². The standard InChI is InChI=1S/C14H13N5O/c1-2-4-10(5-3-1)6-15-13-12-14(17-8-16-13)19(9-18-12)11-7-20-11/h1-5,8-9,11H,6-7H2,(H,15,16,17). The molecule has 1 N–H and O–H groups in total. The second-order valence-corrected chi connectivity index (χ2v) is 4.67. The molecule has 1 saturated heterocycles. The highest BCUT2D eigenvalue weighted by atomic mass is 16.6. The average Bonchev–Trinajstić information content (AvgIpc) is 3.25. The molecule has 6 heteroatoms. The van der Waals surface area contributed by atoms with Gasteiger partial charge in [-0.25, -0.2) is 15.0 Å². The van der Waals surface area contributed by atoms with E-state index >= 15 is 0 Å². The van der Waals surface area contributed by atoms with Gasteiger partial charge in [0.05, 0.1) is 12.9 Å². The van der Waals surface area contributed by atoms with Crippen molar-refractivity contribution in [1.82, 2.24) is 19.5 Å². The summed E-state index contributed by atoms with van der Waals surface area (Å²) in [5.41, 5.74) is 2.78. The molecule has 3 aromatic rings. The van der Waals surface area contributed by atoms with E-state index in [0.29, 0.717) is 6.54 Å². The van der Waals surface area contributed by atoms with Crippen molar-refractivity contribution >= 4 is 17.0 Å². The quantitative estimate of drug-likeness (QED) is 0.732. The van der Waals surface area contributed by atoms with Gasteiger partial charge in [0.15, 0.2) is 23.2 Å². The van der Waals surface area contributed by atoms with E-state index < -0.39 is 0 Å². The van der Waals surface area contributed by atoms with Crippen molar-refractivity contribution in [3.63, 3.8) is 0 Å². The highest BCUT2D eigenvalue weighted by molar-refractivity contribution is 5.82. The van der Waals surface area contributed by atoms with Gasteiger partial charge in [0.2, 0.25) is 0 Å². The van der Waals surface area contributed by atoms with E-state index in [9.17, 15) is 0 Å². The van der Waals surface area contributed by atoms with Crippen molar-refractivity contribution in [1.29, 1.82) is 0 Å². The van der Waals surface area contributed by atoms with E-state index in [1.54, 1.807) is 12.7 Å². The Morgan fingerprint density at radius 2 is 2.05 bits per heavy atom. The summed E-state index contributed by atoms with van der Waals surface area (Å²) in [6, 6.07) is 10.2. The molecule has 0 saturated carbocycles. The topological polar surface area (TPSA) is 68.2 Å². The Bertz CT molecular complexity index is 736. The smallest absolute Gasteiger partial charge is 0.167 e. The number of hydrogen-bond acceptors (Lipinski definition) is 5. The number of fused-ring (bicyclic) bond motifs is 1. The molecule has 3 heterocycles. The summed E-state index contributed by atoms with van der Waals surface area (Å²) in [5.74, 6) is 0.748. The Morgan fingerprint density at radius 1 is 1.20 bits per heavy atom. The van der Waals surface area contributed by atoms with Crippen molar-refractivity contribution in [3.8, 4) is 0 Å². The Morgan fingerprint density at radius 3 is 2.85 bits per heavy atom. The zero-order valence-electron chi connectivity index (χ0n) is 10.7. The highest BCUT2D eigenvalue weighted by Crippen LogP contribution is 2.28. The third-order valence-corrected chi connectivity index (χ3v) is 3.29. The number of benzene rings is 1. The second kappa shape index (κ2) is 4.57. The van der Waals surface area contributed by atoms with Crippen LogP contribution in [0, 0.1) is 0 Å². The van der Waals surface area contributed by atoms with Gasteiger partial charge in [0, 0.05) is 6.54 Å². The number of rotatable bonds is 4. The van der Waals surface area contributed by atoms with Gasteiger partial charge < -0.3 is 10.1 Å². The number of epoxide rings is 1. The molecule has 1 atom stereocenters. The molecule has 0 spiro atoms. The number of hydrogen-bond donors (Lipinski definition) is 1. The van der Waals surface area contributed by atoms with Crippen LogP contribution in [0.2, 0.25) is 0 Å². The summed E-state index contributed by atoms with van der Waals surface area (Å²) >= 11 is 0. The van der Waals surface area contributed by atoms with E-state index in [2.05, 4.69) is 32.4 Å². The number of ether oxygens (including phenoxy) is 1. The predicted octanol–water partition coefficient (Wildman–Crippen LogP) is 1.97. The molecule has 0 radical (unpaired) electrons. The van der Waals surface area contributed by atoms with Crippen LogP contribution in [0.15, 0.2) is 43.0 Å². The minimum absolute atomic E-state index is 0.0804. The molecule has 1 aliphatic rings. The van der Waals surface area contributed by atoms with Gasteiger partial charge >= 0.3 is 0 Å². The number of imidazole rings is 1. The lowest BCUT2D eigenvalue weighted by Crippen LogP contribution is -2.03. The number of nitrogens with zero attached hydrogens (tertiary/aromatic N) is 4. The molecular weight excluding hydrogens is 254 g/mol. The van der Waals surface area contributed by atoms with Crippen LogP contribution in [0.4, 0.5) is 5.82 Å². The Balaban J connectivity index is 1.63. The SMILES string of the molecule is c1ccc(CNc2ncnc3c2ncn3C2CO2)cc1. The van der Waals surface area contributed by atoms with Gasteiger partial charge in [0.25, 0.3) is 0 Å². The monoisotopic (exact) mass is 267 g/mol. The van der Waals surface area contributed by atoms with Gasteiger partial charge in [-0.2, -0.15) is 0 Å². The fourth-order valence-electron chi connectivity index (χ4n) is 2.18. The van der Waals surface area contributed by atoms with Crippen LogP contribution in [0.1, 0.15) is 11.8 Å². The van der Waals surface area contributed by atoms with E-state index in [-0.39, 0.29) is 6.23 Å². The van der Waals surface area contributed by atoms with Crippen molar-refractivity contribution in [2.45, 2.75) is 12.8 Å². The molecule has 0 amide bonds. The molecule has 2 aromatic heterocycles. The van der Waals surface area contributed by atoms with Gasteiger partial charge in [-0.05, 0) is 5.56 Å². The lowest BCUT2D eigenvalue weighted by atomic mass is 10.2. The molecule has 1 aromatic carbocycles. The first-order chi connectivity index (χ1) is 9.92. The first-order valence-corrected chi connectivity index (χ1v) is 6.49. The first-order valence-electron chi connectivity index (χ1n) is 6.49. The van der Waals surface area contributed by atoms with Crippen molar-refractivity contribution in [3.05, 3.63) is 48.5 Å². The molecule has 20 heavy (non-hydrogen) atoms. The van der Waals surface area contributed by atoms with Gasteiger partial charge in [0.1, 0.15) is 6.33 Å². The Hall–Kier alpha value is -2.47. The van der Waals surface area contributed by atoms with Crippen LogP contribution < -0.4 is 5.32 Å². The highest BCUT2D eigenvalue weighted by Gasteiger charge is 2.27. The predicted molar refractivity (Wildman–Crippen MR) is 74.1 cm³/mol. The summed E-state index contributed by atoms with van der Waals surface area (Å²) in [6.45, 7) is 1.43. The maximum atomic E-state index is 5.27. The molecule has 100 valence electrons. The molecule has 0 bridgehead atoms. The summed E-state index contributed by atoms with van der Waals surface area (Å²) in [6.07, 6.45) is 3.39. The van der Waals surface area contributed by atoms with Gasteiger partial charge in [-0.1, -0.05) is 30.3 Å². The van der Waals surface area contributed by atoms with Crippen molar-refractivity contribution in [2.75, 3.05) is 11.9 Å². The first kappa shape index (κ1) is 11.4. The third kappa shape index (κ3) is 2.00. The third-order valence-electron chi connectivity index (χ3n) is 3.29. The van der Waals surface area contributed by atoms with Crippen LogP contribution in [-0.2, 0) is 11.3 Å². The molecule has 0 aliphatic carbocycles. The fraction of sp³-hybridized carbons (Fsp3) is 0.214. The van der Waals surface area contributed by atoms with Crippen LogP contribution in [0.25, 0.3) is 11.2 Å². The molecule has 1 aliphatic heterocycles. The minimum atomic E-state index is 0.0804. The number of nitrogens with one attached hydrogen (secondary N) is 1. The van der Waals surface area contributed by atoms with Gasteiger partial charge in [-0.3, -0.25) is 4.57 Å². The van der Waals surface area contributed by atoms with Crippen molar-refractivity contribution in [2.24, 2.45) is 0 Å². The summed E-state index contributed by atoms with van der Waals surface area (Å²) in [4.78, 5) is 13.0. The summed E-state index contributed by atoms with van der Waals surface area (Å²) < 4.78 is 7.21. The maximum Gasteiger partial charge on any atom is 0.167 e. The minimum Gasteiger partial charge on any atom is -0.364 e. The van der Waals surface area contributed by atoms with E-state index in [1.807, 2.05) is 22.8 Å². The summed E-state index contributed by atoms with van der Waals surface area (Å²) in [7, 11) is 0. The molecule has 4 rings (SSSR count). The zero-order chi connectivity index (χ0) is 13.4. The maximum absolute atomic E-state index is 5.27. The lowest BCUT2D eigenvalue weighted by Gasteiger charge is -2.06. The normalized spacial score (nSPS) is 17.3. The molecular formula is C14H13N5O. The van der Waals surface area contributed by atoms with Gasteiger partial charge in [-0.15, -0.1) is 0 Å². The average molecular weight is 267 g/mol. The summed E-state index contributed by atoms with van der Waals surface area (Å²) in [5, 5.41) is 3.31. The van der Waals surface area contributed by atoms with Crippen LogP contribution in [-0.4, -0.2) is 26.1 Å². The molecule has 1 fully saturated rings. The number of aromatic nitrogens is 4. The van der Waals surface area contributed by atoms with Crippen LogP contribution in [0.5, 0.6) is 0 Å². The largest absolute Gasteiger partial charge is 0.364 e. The molecule has 1 unspecified atom stereocenters. The van der Waals surface area contributed by atoms with E-state index in [1.165, 1.54) is 5.56 Å². The van der Waals surface area contributed by atoms with E-state index in [4.69, 9.17) is 4.74 Å². The van der Waals surface area contributed by atoms with E-state index in [0.717, 1.165) is 23.6 Å². The zero-order valence-corrected chi connectivity index (χ0v) is 10.7. The number of anilines is 1. The van der Waals surface area contributed by atoms with Crippen LogP contribution >= 0.6 is 0 Å². The lowest BCUT2D eigenvalue weighted by molar-refractivity contribution is 0.358. The molecule has 6 nitrogen and oxygen atoms in total. The van der Waals surface area contributed by atoms with Crippen LogP contribution in [0.3, 0.4) is 0 Å². The Kier molecular flexibility index (Phi) is 2.60. The van der Waals surface area contributed by atoms with Crippen molar-refractivity contribution < 1.29 is 4.74 Å². The second-order valence-electron chi connectivity index (χ2n) is 4.67. The fourth-order valence-corrected chi connectivity index (χ4v) is 2.18.